The predicted molar refractivity (Wildman–Crippen MR) is 71.2 cm³/mol. The number of amides is 1. The first-order chi connectivity index (χ1) is 9.09. The third-order valence-corrected chi connectivity index (χ3v) is 2.91. The van der Waals surface area contributed by atoms with Crippen LogP contribution in [0.15, 0.2) is 42.7 Å². The fraction of sp³-hybridized carbons (Fsp3) is 0.200. The summed E-state index contributed by atoms with van der Waals surface area (Å²) in [4.78, 5) is 17.7. The van der Waals surface area contributed by atoms with E-state index in [0.29, 0.717) is 12.1 Å². The summed E-state index contributed by atoms with van der Waals surface area (Å²) in [6, 6.07) is 8.52. The largest absolute Gasteiger partial charge is 0.337 e. The van der Waals surface area contributed by atoms with Gasteiger partial charge in [-0.15, -0.1) is 0 Å². The Hall–Kier alpha value is -2.23. The zero-order valence-corrected chi connectivity index (χ0v) is 10.9. The van der Waals surface area contributed by atoms with Crippen LogP contribution in [0.3, 0.4) is 0 Å². The van der Waals surface area contributed by atoms with Crippen molar-refractivity contribution < 1.29 is 9.18 Å². The van der Waals surface area contributed by atoms with E-state index in [1.807, 2.05) is 6.07 Å². The monoisotopic (exact) mass is 258 g/mol. The van der Waals surface area contributed by atoms with E-state index in [0.717, 1.165) is 5.56 Å². The van der Waals surface area contributed by atoms with Crippen LogP contribution in [-0.2, 0) is 6.54 Å². The highest BCUT2D eigenvalue weighted by molar-refractivity contribution is 5.94. The van der Waals surface area contributed by atoms with E-state index in [1.54, 1.807) is 44.6 Å². The van der Waals surface area contributed by atoms with Crippen molar-refractivity contribution in [2.24, 2.45) is 0 Å². The zero-order valence-electron chi connectivity index (χ0n) is 10.9. The number of aryl methyl sites for hydroxylation is 1. The zero-order chi connectivity index (χ0) is 13.8. The smallest absolute Gasteiger partial charge is 0.256 e. The van der Waals surface area contributed by atoms with Gasteiger partial charge in [0.05, 0.1) is 5.56 Å². The Morgan fingerprint density at radius 3 is 2.79 bits per heavy atom. The van der Waals surface area contributed by atoms with Gasteiger partial charge in [0, 0.05) is 26.0 Å². The highest BCUT2D eigenvalue weighted by Gasteiger charge is 2.17. The van der Waals surface area contributed by atoms with Crippen LogP contribution >= 0.6 is 0 Å². The number of aromatic nitrogens is 1. The summed E-state index contributed by atoms with van der Waals surface area (Å²) in [5.41, 5.74) is 1.48. The quantitative estimate of drug-likeness (QED) is 0.848. The molecule has 0 N–H and O–H groups in total. The highest BCUT2D eigenvalue weighted by Crippen LogP contribution is 2.14. The molecule has 19 heavy (non-hydrogen) atoms. The standard InChI is InChI=1S/C15H15FN2O/c1-11-5-3-7-13(14(11)16)15(19)18(2)10-12-6-4-8-17-9-12/h3-9H,10H2,1-2H3. The van der Waals surface area contributed by atoms with Crippen molar-refractivity contribution in [3.05, 3.63) is 65.2 Å². The van der Waals surface area contributed by atoms with Crippen LogP contribution in [0.2, 0.25) is 0 Å². The van der Waals surface area contributed by atoms with Crippen LogP contribution in [-0.4, -0.2) is 22.8 Å². The first-order valence-electron chi connectivity index (χ1n) is 5.99. The van der Waals surface area contributed by atoms with Gasteiger partial charge in [0.25, 0.3) is 5.91 Å². The van der Waals surface area contributed by atoms with Gasteiger partial charge in [0.15, 0.2) is 0 Å². The molecular formula is C15H15FN2O. The minimum Gasteiger partial charge on any atom is -0.337 e. The lowest BCUT2D eigenvalue weighted by molar-refractivity contribution is 0.0780. The number of rotatable bonds is 3. The van der Waals surface area contributed by atoms with Crippen LogP contribution in [0.1, 0.15) is 21.5 Å². The van der Waals surface area contributed by atoms with E-state index in [4.69, 9.17) is 0 Å². The Bertz CT molecular complexity index is 584. The number of halogens is 1. The lowest BCUT2D eigenvalue weighted by Crippen LogP contribution is -2.27. The summed E-state index contributed by atoms with van der Waals surface area (Å²) in [7, 11) is 1.65. The molecule has 0 radical (unpaired) electrons. The van der Waals surface area contributed by atoms with Gasteiger partial charge < -0.3 is 4.90 Å². The first kappa shape index (κ1) is 13.2. The molecule has 98 valence electrons. The van der Waals surface area contributed by atoms with Gasteiger partial charge in [-0.05, 0) is 30.2 Å². The van der Waals surface area contributed by atoms with Gasteiger partial charge in [-0.25, -0.2) is 4.39 Å². The summed E-state index contributed by atoms with van der Waals surface area (Å²) in [6.07, 6.45) is 3.36. The predicted octanol–water partition coefficient (Wildman–Crippen LogP) is 2.80. The molecule has 2 aromatic rings. The van der Waals surface area contributed by atoms with Gasteiger partial charge in [0.2, 0.25) is 0 Å². The number of pyridine rings is 1. The molecule has 1 aromatic carbocycles. The van der Waals surface area contributed by atoms with E-state index in [-0.39, 0.29) is 11.5 Å². The van der Waals surface area contributed by atoms with Crippen molar-refractivity contribution in [1.29, 1.82) is 0 Å². The topological polar surface area (TPSA) is 33.2 Å². The Labute approximate surface area is 111 Å². The van der Waals surface area contributed by atoms with Crippen LogP contribution in [0.5, 0.6) is 0 Å². The number of benzene rings is 1. The second kappa shape index (κ2) is 5.61. The molecule has 0 aliphatic rings. The summed E-state index contributed by atoms with van der Waals surface area (Å²) >= 11 is 0. The van der Waals surface area contributed by atoms with Gasteiger partial charge in [-0.2, -0.15) is 0 Å². The molecular weight excluding hydrogens is 243 g/mol. The van der Waals surface area contributed by atoms with Crippen molar-refractivity contribution >= 4 is 5.91 Å². The molecule has 0 aliphatic heterocycles. The average molecular weight is 258 g/mol. The maximum atomic E-state index is 13.9. The number of hydrogen-bond donors (Lipinski definition) is 0. The van der Waals surface area contributed by atoms with Gasteiger partial charge >= 0.3 is 0 Å². The molecule has 0 fully saturated rings. The summed E-state index contributed by atoms with van der Waals surface area (Å²) in [5.74, 6) is -0.782. The minimum absolute atomic E-state index is 0.103. The molecule has 0 saturated heterocycles. The number of carbonyl (C=O) groups excluding carboxylic acids is 1. The third kappa shape index (κ3) is 2.96. The maximum absolute atomic E-state index is 13.9. The molecule has 0 bridgehead atoms. The van der Waals surface area contributed by atoms with E-state index < -0.39 is 5.82 Å². The van der Waals surface area contributed by atoms with Crippen molar-refractivity contribution in [2.45, 2.75) is 13.5 Å². The summed E-state index contributed by atoms with van der Waals surface area (Å²) in [5, 5.41) is 0. The molecule has 3 nitrogen and oxygen atoms in total. The van der Waals surface area contributed by atoms with E-state index in [1.165, 1.54) is 11.0 Å². The molecule has 1 aromatic heterocycles. The van der Waals surface area contributed by atoms with E-state index in [2.05, 4.69) is 4.98 Å². The molecule has 0 atom stereocenters. The van der Waals surface area contributed by atoms with Crippen molar-refractivity contribution in [3.8, 4) is 0 Å². The molecule has 0 aliphatic carbocycles. The number of hydrogen-bond acceptors (Lipinski definition) is 2. The Morgan fingerprint density at radius 2 is 2.11 bits per heavy atom. The van der Waals surface area contributed by atoms with Gasteiger partial charge in [0.1, 0.15) is 5.82 Å². The summed E-state index contributed by atoms with van der Waals surface area (Å²) in [6.45, 7) is 2.05. The number of nitrogens with zero attached hydrogens (tertiary/aromatic N) is 2. The van der Waals surface area contributed by atoms with Gasteiger partial charge in [-0.1, -0.05) is 18.2 Å². The molecule has 1 heterocycles. The second-order valence-electron chi connectivity index (χ2n) is 4.46. The molecule has 0 unspecified atom stereocenters. The van der Waals surface area contributed by atoms with E-state index in [9.17, 15) is 9.18 Å². The van der Waals surface area contributed by atoms with Crippen molar-refractivity contribution in [1.82, 2.24) is 9.88 Å². The maximum Gasteiger partial charge on any atom is 0.256 e. The molecule has 0 spiro atoms. The molecule has 2 rings (SSSR count). The lowest BCUT2D eigenvalue weighted by atomic mass is 10.1. The Balaban J connectivity index is 2.18. The van der Waals surface area contributed by atoms with Crippen LogP contribution in [0.25, 0.3) is 0 Å². The normalized spacial score (nSPS) is 10.3. The minimum atomic E-state index is -0.453. The fourth-order valence-corrected chi connectivity index (χ4v) is 1.86. The number of carbonyl (C=O) groups is 1. The molecule has 0 saturated carbocycles. The first-order valence-corrected chi connectivity index (χ1v) is 5.99. The van der Waals surface area contributed by atoms with E-state index >= 15 is 0 Å². The van der Waals surface area contributed by atoms with Crippen LogP contribution in [0, 0.1) is 12.7 Å². The molecule has 4 heteroatoms. The lowest BCUT2D eigenvalue weighted by Gasteiger charge is -2.17. The second-order valence-corrected chi connectivity index (χ2v) is 4.46. The van der Waals surface area contributed by atoms with Gasteiger partial charge in [-0.3, -0.25) is 9.78 Å². The van der Waals surface area contributed by atoms with Crippen LogP contribution < -0.4 is 0 Å². The fourth-order valence-electron chi connectivity index (χ4n) is 1.86. The average Bonchev–Trinajstić information content (AvgIpc) is 2.42. The highest BCUT2D eigenvalue weighted by atomic mass is 19.1. The molecule has 1 amide bonds. The Kier molecular flexibility index (Phi) is 3.90. The SMILES string of the molecule is Cc1cccc(C(=O)N(C)Cc2cccnc2)c1F. The van der Waals surface area contributed by atoms with Crippen molar-refractivity contribution in [2.75, 3.05) is 7.05 Å². The van der Waals surface area contributed by atoms with Crippen LogP contribution in [0.4, 0.5) is 4.39 Å². The Morgan fingerprint density at radius 1 is 1.32 bits per heavy atom. The third-order valence-electron chi connectivity index (χ3n) is 2.91. The summed E-state index contributed by atoms with van der Waals surface area (Å²) < 4.78 is 13.9. The van der Waals surface area contributed by atoms with Crippen molar-refractivity contribution in [3.63, 3.8) is 0 Å².